The van der Waals surface area contributed by atoms with Gasteiger partial charge in [-0.2, -0.15) is 0 Å². The average molecular weight is 532 g/mol. The highest BCUT2D eigenvalue weighted by Gasteiger charge is 2.26. The third-order valence-electron chi connectivity index (χ3n) is 5.67. The van der Waals surface area contributed by atoms with Crippen LogP contribution in [0.3, 0.4) is 0 Å². The molecule has 1 amide bonds. The smallest absolute Gasteiger partial charge is 0.246 e. The number of aliphatic imine (C=N–C) groups is 1. The maximum absolute atomic E-state index is 12.8. The largest absolute Gasteiger partial charge is 0.354 e. The molecule has 1 aliphatic carbocycles. The fourth-order valence-corrected chi connectivity index (χ4v) is 5.53. The van der Waals surface area contributed by atoms with Crippen molar-refractivity contribution in [3.05, 3.63) is 29.8 Å². The van der Waals surface area contributed by atoms with E-state index >= 15 is 0 Å². The second-order valence-electron chi connectivity index (χ2n) is 7.50. The van der Waals surface area contributed by atoms with Crippen LogP contribution in [0.15, 0.2) is 29.3 Å². The molecule has 0 spiro atoms. The molecular formula is C21H33IN4O2S. The number of amides is 1. The first kappa shape index (κ1) is 24.1. The highest BCUT2D eigenvalue weighted by Crippen LogP contribution is 2.26. The number of fused-ring (bicyclic) bond motifs is 1. The quantitative estimate of drug-likeness (QED) is 0.348. The monoisotopic (exact) mass is 532 g/mol. The third-order valence-corrected chi connectivity index (χ3v) is 7.41. The minimum Gasteiger partial charge on any atom is -0.354 e. The van der Waals surface area contributed by atoms with Crippen molar-refractivity contribution in [1.29, 1.82) is 0 Å². The summed E-state index contributed by atoms with van der Waals surface area (Å²) in [4.78, 5) is 19.0. The van der Waals surface area contributed by atoms with Gasteiger partial charge in [-0.15, -0.1) is 24.0 Å². The SMILES string of the molecule is CCS(=O)C1CCCC(NC(=NC)NCC(=O)N2CCCc3ccccc32)C1.I. The van der Waals surface area contributed by atoms with E-state index in [0.717, 1.165) is 56.5 Å². The predicted octanol–water partition coefficient (Wildman–Crippen LogP) is 2.83. The lowest BCUT2D eigenvalue weighted by molar-refractivity contribution is -0.117. The first-order valence-electron chi connectivity index (χ1n) is 10.3. The van der Waals surface area contributed by atoms with Crippen LogP contribution in [0.25, 0.3) is 0 Å². The number of hydrogen-bond donors (Lipinski definition) is 2. The summed E-state index contributed by atoms with van der Waals surface area (Å²) >= 11 is 0. The molecule has 0 bridgehead atoms. The molecule has 1 fully saturated rings. The van der Waals surface area contributed by atoms with E-state index in [-0.39, 0.29) is 47.7 Å². The maximum atomic E-state index is 12.8. The molecule has 2 aliphatic rings. The topological polar surface area (TPSA) is 73.8 Å². The van der Waals surface area contributed by atoms with Gasteiger partial charge in [-0.1, -0.05) is 31.5 Å². The molecule has 6 nitrogen and oxygen atoms in total. The summed E-state index contributed by atoms with van der Waals surface area (Å²) in [7, 11) is 0.975. The summed E-state index contributed by atoms with van der Waals surface area (Å²) in [5.74, 6) is 1.42. The standard InChI is InChI=1S/C21H32N4O2S.HI/c1-3-28(27)18-11-6-10-17(14-18)24-21(22-2)23-15-20(26)25-13-7-9-16-8-4-5-12-19(16)25;/h4-5,8,12,17-18H,3,6-7,9-11,13-15H2,1-2H3,(H2,22,23,24);1H. The van der Waals surface area contributed by atoms with Crippen molar-refractivity contribution in [3.8, 4) is 0 Å². The van der Waals surface area contributed by atoms with Gasteiger partial charge in [0.05, 0.1) is 6.54 Å². The fourth-order valence-electron chi connectivity index (χ4n) is 4.19. The number of benzene rings is 1. The molecule has 2 N–H and O–H groups in total. The van der Waals surface area contributed by atoms with E-state index in [2.05, 4.69) is 21.7 Å². The van der Waals surface area contributed by atoms with Gasteiger partial charge >= 0.3 is 0 Å². The minimum absolute atomic E-state index is 0. The van der Waals surface area contributed by atoms with Crippen LogP contribution in [0.1, 0.15) is 44.6 Å². The van der Waals surface area contributed by atoms with Crippen LogP contribution in [0, 0.1) is 0 Å². The van der Waals surface area contributed by atoms with Gasteiger partial charge in [-0.25, -0.2) is 0 Å². The van der Waals surface area contributed by atoms with Crippen molar-refractivity contribution < 1.29 is 9.00 Å². The Labute approximate surface area is 193 Å². The lowest BCUT2D eigenvalue weighted by Crippen LogP contribution is -2.50. The van der Waals surface area contributed by atoms with Gasteiger partial charge in [0, 0.05) is 47.1 Å². The summed E-state index contributed by atoms with van der Waals surface area (Å²) in [6.07, 6.45) is 6.08. The van der Waals surface area contributed by atoms with Crippen LogP contribution in [-0.4, -0.2) is 53.3 Å². The third kappa shape index (κ3) is 6.41. The number of para-hydroxylation sites is 1. The molecule has 1 saturated carbocycles. The molecule has 29 heavy (non-hydrogen) atoms. The van der Waals surface area contributed by atoms with Gasteiger partial charge in [0.15, 0.2) is 5.96 Å². The number of rotatable bonds is 5. The van der Waals surface area contributed by atoms with Crippen LogP contribution < -0.4 is 15.5 Å². The molecule has 0 radical (unpaired) electrons. The molecule has 1 aromatic rings. The van der Waals surface area contributed by atoms with Gasteiger partial charge in [0.25, 0.3) is 0 Å². The van der Waals surface area contributed by atoms with E-state index in [9.17, 15) is 9.00 Å². The van der Waals surface area contributed by atoms with Gasteiger partial charge in [-0.05, 0) is 43.7 Å². The summed E-state index contributed by atoms with van der Waals surface area (Å²) in [5, 5.41) is 6.86. The number of nitrogens with zero attached hydrogens (tertiary/aromatic N) is 2. The number of guanidine groups is 1. The summed E-state index contributed by atoms with van der Waals surface area (Å²) in [6.45, 7) is 2.96. The molecule has 0 aromatic heterocycles. The van der Waals surface area contributed by atoms with Crippen molar-refractivity contribution >= 4 is 52.3 Å². The molecule has 1 aliphatic heterocycles. The van der Waals surface area contributed by atoms with Crippen molar-refractivity contribution in [2.24, 2.45) is 4.99 Å². The van der Waals surface area contributed by atoms with E-state index in [0.29, 0.717) is 5.96 Å². The second kappa shape index (κ2) is 11.9. The van der Waals surface area contributed by atoms with Crippen LogP contribution in [0.2, 0.25) is 0 Å². The van der Waals surface area contributed by atoms with Crippen molar-refractivity contribution in [2.45, 2.75) is 56.7 Å². The first-order valence-corrected chi connectivity index (χ1v) is 11.7. The predicted molar refractivity (Wildman–Crippen MR) is 132 cm³/mol. The Balaban J connectivity index is 0.00000300. The van der Waals surface area contributed by atoms with Crippen LogP contribution >= 0.6 is 24.0 Å². The van der Waals surface area contributed by atoms with E-state index in [1.54, 1.807) is 7.05 Å². The Morgan fingerprint density at radius 3 is 2.83 bits per heavy atom. The van der Waals surface area contributed by atoms with Crippen molar-refractivity contribution in [2.75, 3.05) is 30.8 Å². The summed E-state index contributed by atoms with van der Waals surface area (Å²) in [6, 6.07) is 8.39. The molecule has 0 saturated heterocycles. The second-order valence-corrected chi connectivity index (χ2v) is 9.51. The Morgan fingerprint density at radius 2 is 2.07 bits per heavy atom. The number of carbonyl (C=O) groups excluding carboxylic acids is 1. The molecule has 3 unspecified atom stereocenters. The zero-order valence-corrected chi connectivity index (χ0v) is 20.5. The van der Waals surface area contributed by atoms with Crippen molar-refractivity contribution in [1.82, 2.24) is 10.6 Å². The highest BCUT2D eigenvalue weighted by molar-refractivity contribution is 14.0. The lowest BCUT2D eigenvalue weighted by Gasteiger charge is -2.31. The number of halogens is 1. The molecule has 1 aromatic carbocycles. The van der Waals surface area contributed by atoms with E-state index in [4.69, 9.17) is 0 Å². The first-order chi connectivity index (χ1) is 13.6. The minimum atomic E-state index is -0.748. The Bertz CT molecular complexity index is 743. The highest BCUT2D eigenvalue weighted by atomic mass is 127. The van der Waals surface area contributed by atoms with E-state index in [1.807, 2.05) is 30.0 Å². The van der Waals surface area contributed by atoms with Crippen LogP contribution in [0.5, 0.6) is 0 Å². The Hall–Kier alpha value is -1.16. The molecule has 3 atom stereocenters. The number of hydrogen-bond acceptors (Lipinski definition) is 3. The summed E-state index contributed by atoms with van der Waals surface area (Å²) in [5.41, 5.74) is 2.27. The molecular weight excluding hydrogens is 499 g/mol. The molecule has 1 heterocycles. The molecule has 162 valence electrons. The van der Waals surface area contributed by atoms with Gasteiger partial charge < -0.3 is 15.5 Å². The molecule has 3 rings (SSSR count). The van der Waals surface area contributed by atoms with Gasteiger partial charge in [0.2, 0.25) is 5.91 Å². The summed E-state index contributed by atoms with van der Waals surface area (Å²) < 4.78 is 12.1. The number of carbonyl (C=O) groups is 1. The Morgan fingerprint density at radius 1 is 1.28 bits per heavy atom. The number of aryl methyl sites for hydroxylation is 1. The average Bonchev–Trinajstić information content (AvgIpc) is 2.75. The van der Waals surface area contributed by atoms with Gasteiger partial charge in [-0.3, -0.25) is 14.0 Å². The lowest BCUT2D eigenvalue weighted by atomic mass is 9.95. The number of nitrogens with one attached hydrogen (secondary N) is 2. The van der Waals surface area contributed by atoms with Crippen LogP contribution in [0.4, 0.5) is 5.69 Å². The number of anilines is 1. The van der Waals surface area contributed by atoms with E-state index in [1.165, 1.54) is 5.56 Å². The van der Waals surface area contributed by atoms with Gasteiger partial charge in [0.1, 0.15) is 0 Å². The normalized spacial score (nSPS) is 22.8. The maximum Gasteiger partial charge on any atom is 0.246 e. The van der Waals surface area contributed by atoms with E-state index < -0.39 is 10.8 Å². The fraction of sp³-hybridized carbons (Fsp3) is 0.619. The zero-order valence-electron chi connectivity index (χ0n) is 17.4. The zero-order chi connectivity index (χ0) is 19.9. The van der Waals surface area contributed by atoms with Crippen LogP contribution in [-0.2, 0) is 22.0 Å². The van der Waals surface area contributed by atoms with Crippen molar-refractivity contribution in [3.63, 3.8) is 0 Å². The Kier molecular flexibility index (Phi) is 9.88. The molecule has 8 heteroatoms.